The first-order valence-electron chi connectivity index (χ1n) is 9.95. The lowest BCUT2D eigenvalue weighted by Gasteiger charge is -2.45. The van der Waals surface area contributed by atoms with Gasteiger partial charge in [-0.2, -0.15) is 0 Å². The average molecular weight is 366 g/mol. The second-order valence-corrected chi connectivity index (χ2v) is 8.46. The van der Waals surface area contributed by atoms with Gasteiger partial charge in [0.05, 0.1) is 5.60 Å². The van der Waals surface area contributed by atoms with Gasteiger partial charge in [0.25, 0.3) is 0 Å². The third-order valence-corrected chi connectivity index (χ3v) is 5.50. The second kappa shape index (κ2) is 8.71. The molecule has 1 heterocycles. The molecule has 2 aromatic rings. The minimum absolute atomic E-state index is 0.00932. The summed E-state index contributed by atoms with van der Waals surface area (Å²) in [6.45, 7) is 5.90. The molecular formula is C24H31NO2. The third kappa shape index (κ3) is 5.93. The van der Waals surface area contributed by atoms with Gasteiger partial charge in [-0.1, -0.05) is 48.5 Å². The van der Waals surface area contributed by atoms with E-state index in [1.807, 2.05) is 48.5 Å². The van der Waals surface area contributed by atoms with Gasteiger partial charge in [-0.15, -0.1) is 0 Å². The van der Waals surface area contributed by atoms with Crippen molar-refractivity contribution in [3.05, 3.63) is 66.2 Å². The molecule has 1 unspecified atom stereocenters. The van der Waals surface area contributed by atoms with E-state index in [2.05, 4.69) is 31.3 Å². The lowest BCUT2D eigenvalue weighted by atomic mass is 9.68. The molecule has 1 N–H and O–H groups in total. The Labute approximate surface area is 163 Å². The highest BCUT2D eigenvalue weighted by molar-refractivity contribution is 5.81. The van der Waals surface area contributed by atoms with Crippen LogP contribution in [0.3, 0.4) is 0 Å². The number of benzene rings is 2. The highest BCUT2D eigenvalue weighted by atomic mass is 16.5. The molecule has 0 radical (unpaired) electrons. The van der Waals surface area contributed by atoms with Gasteiger partial charge >= 0.3 is 0 Å². The number of carbonyl (C=O) groups is 1. The molecule has 0 bridgehead atoms. The summed E-state index contributed by atoms with van der Waals surface area (Å²) in [7, 11) is 0. The number of hydrogen-bond donors (Lipinski definition) is 1. The van der Waals surface area contributed by atoms with Gasteiger partial charge in [-0.25, -0.2) is 0 Å². The monoisotopic (exact) mass is 365 g/mol. The zero-order chi connectivity index (χ0) is 19.2. The number of anilines is 1. The quantitative estimate of drug-likeness (QED) is 0.693. The molecule has 27 heavy (non-hydrogen) atoms. The molecule has 0 saturated carbocycles. The van der Waals surface area contributed by atoms with Crippen LogP contribution in [-0.2, 0) is 16.0 Å². The summed E-state index contributed by atoms with van der Waals surface area (Å²) in [5, 5.41) is 3.51. The number of ether oxygens (including phenoxy) is 1. The number of hydrogen-bond acceptors (Lipinski definition) is 3. The first kappa shape index (κ1) is 19.6. The Morgan fingerprint density at radius 1 is 1.04 bits per heavy atom. The van der Waals surface area contributed by atoms with E-state index in [4.69, 9.17) is 4.74 Å². The molecule has 1 saturated heterocycles. The van der Waals surface area contributed by atoms with Crippen molar-refractivity contribution in [3.63, 3.8) is 0 Å². The van der Waals surface area contributed by atoms with Gasteiger partial charge in [0, 0.05) is 31.7 Å². The minimum atomic E-state index is -0.169. The van der Waals surface area contributed by atoms with Crippen molar-refractivity contribution in [2.24, 2.45) is 5.41 Å². The number of para-hydroxylation sites is 1. The van der Waals surface area contributed by atoms with Crippen molar-refractivity contribution in [1.82, 2.24) is 0 Å². The minimum Gasteiger partial charge on any atom is -0.385 e. The summed E-state index contributed by atoms with van der Waals surface area (Å²) in [5.74, 6) is 0.332. The van der Waals surface area contributed by atoms with E-state index in [9.17, 15) is 4.79 Å². The van der Waals surface area contributed by atoms with Gasteiger partial charge in [-0.3, -0.25) is 4.79 Å². The summed E-state index contributed by atoms with van der Waals surface area (Å²) in [6.07, 6.45) is 4.01. The molecule has 0 amide bonds. The van der Waals surface area contributed by atoms with Crippen LogP contribution in [0, 0.1) is 5.41 Å². The maximum atomic E-state index is 12.9. The molecule has 1 aliphatic rings. The van der Waals surface area contributed by atoms with Crippen molar-refractivity contribution >= 4 is 11.5 Å². The zero-order valence-corrected chi connectivity index (χ0v) is 16.5. The molecule has 0 aromatic heterocycles. The fourth-order valence-corrected chi connectivity index (χ4v) is 4.37. The van der Waals surface area contributed by atoms with E-state index in [1.165, 1.54) is 0 Å². The van der Waals surface area contributed by atoms with Crippen molar-refractivity contribution in [3.8, 4) is 0 Å². The summed E-state index contributed by atoms with van der Waals surface area (Å²) >= 11 is 0. The van der Waals surface area contributed by atoms with Gasteiger partial charge in [-0.05, 0) is 56.2 Å². The fraction of sp³-hybridized carbons (Fsp3) is 0.458. The van der Waals surface area contributed by atoms with Gasteiger partial charge in [0.15, 0.2) is 0 Å². The van der Waals surface area contributed by atoms with Crippen molar-refractivity contribution in [2.75, 3.05) is 18.5 Å². The Kier molecular flexibility index (Phi) is 6.33. The predicted molar refractivity (Wildman–Crippen MR) is 111 cm³/mol. The molecule has 144 valence electrons. The molecule has 1 fully saturated rings. The fourth-order valence-electron chi connectivity index (χ4n) is 4.37. The topological polar surface area (TPSA) is 38.3 Å². The zero-order valence-electron chi connectivity index (χ0n) is 16.5. The molecule has 2 aromatic carbocycles. The number of ketones is 1. The lowest BCUT2D eigenvalue weighted by Crippen LogP contribution is -2.43. The van der Waals surface area contributed by atoms with Crippen LogP contribution in [0.1, 0.15) is 45.1 Å². The number of rotatable bonds is 8. The summed E-state index contributed by atoms with van der Waals surface area (Å²) in [4.78, 5) is 12.9. The van der Waals surface area contributed by atoms with E-state index in [-0.39, 0.29) is 11.0 Å². The first-order valence-corrected chi connectivity index (χ1v) is 9.95. The Morgan fingerprint density at radius 3 is 2.37 bits per heavy atom. The maximum Gasteiger partial charge on any atom is 0.137 e. The Balaban J connectivity index is 1.65. The van der Waals surface area contributed by atoms with Crippen molar-refractivity contribution in [2.45, 2.75) is 51.6 Å². The third-order valence-electron chi connectivity index (χ3n) is 5.50. The highest BCUT2D eigenvalue weighted by Gasteiger charge is 2.41. The molecule has 1 aliphatic heterocycles. The molecular weight excluding hydrogens is 334 g/mol. The van der Waals surface area contributed by atoms with Crippen LogP contribution in [0.4, 0.5) is 5.69 Å². The van der Waals surface area contributed by atoms with Crippen LogP contribution in [0.5, 0.6) is 0 Å². The van der Waals surface area contributed by atoms with Crippen LogP contribution in [0.2, 0.25) is 0 Å². The Morgan fingerprint density at radius 2 is 1.70 bits per heavy atom. The van der Waals surface area contributed by atoms with Crippen LogP contribution in [0.25, 0.3) is 0 Å². The van der Waals surface area contributed by atoms with Crippen LogP contribution >= 0.6 is 0 Å². The normalized spacial score (nSPS) is 21.6. The Hall–Kier alpha value is -2.13. The van der Waals surface area contributed by atoms with Gasteiger partial charge in [0.1, 0.15) is 5.78 Å². The molecule has 0 spiro atoms. The van der Waals surface area contributed by atoms with Crippen LogP contribution in [0.15, 0.2) is 60.7 Å². The second-order valence-electron chi connectivity index (χ2n) is 8.46. The average Bonchev–Trinajstić information content (AvgIpc) is 2.62. The lowest BCUT2D eigenvalue weighted by molar-refractivity contribution is -0.131. The molecule has 3 rings (SSSR count). The van der Waals surface area contributed by atoms with E-state index in [1.54, 1.807) is 0 Å². The number of carbonyl (C=O) groups excluding carboxylic acids is 1. The summed E-state index contributed by atoms with van der Waals surface area (Å²) in [6, 6.07) is 20.3. The van der Waals surface area contributed by atoms with Gasteiger partial charge in [0.2, 0.25) is 0 Å². The van der Waals surface area contributed by atoms with Crippen LogP contribution in [-0.4, -0.2) is 24.5 Å². The van der Waals surface area contributed by atoms with Crippen molar-refractivity contribution < 1.29 is 9.53 Å². The summed E-state index contributed by atoms with van der Waals surface area (Å²) < 4.78 is 5.95. The molecule has 0 aliphatic carbocycles. The standard InChI is InChI=1S/C24H31NO2/c1-23(2)19-24(14-16-27-23,13-15-25-21-11-7-4-8-12-21)18-22(26)17-20-9-5-3-6-10-20/h3-12,25H,13-19H2,1-2H3. The smallest absolute Gasteiger partial charge is 0.137 e. The van der Waals surface area contributed by atoms with E-state index >= 15 is 0 Å². The number of nitrogens with one attached hydrogen (secondary N) is 1. The van der Waals surface area contributed by atoms with Gasteiger partial charge < -0.3 is 10.1 Å². The largest absolute Gasteiger partial charge is 0.385 e. The maximum absolute atomic E-state index is 12.9. The predicted octanol–water partition coefficient (Wildman–Crippen LogP) is 5.27. The van der Waals surface area contributed by atoms with Crippen LogP contribution < -0.4 is 5.32 Å². The molecule has 3 nitrogen and oxygen atoms in total. The highest BCUT2D eigenvalue weighted by Crippen LogP contribution is 2.44. The van der Waals surface area contributed by atoms with E-state index in [0.717, 1.165) is 43.7 Å². The Bertz CT molecular complexity index is 727. The SMILES string of the molecule is CC1(C)CC(CCNc2ccccc2)(CC(=O)Cc2ccccc2)CCO1. The van der Waals surface area contributed by atoms with E-state index in [0.29, 0.717) is 18.6 Å². The molecule has 1 atom stereocenters. The molecule has 3 heteroatoms. The number of Topliss-reactive ketones (excluding diaryl/α,β-unsaturated/α-hetero) is 1. The van der Waals surface area contributed by atoms with E-state index < -0.39 is 0 Å². The summed E-state index contributed by atoms with van der Waals surface area (Å²) in [5.41, 5.74) is 2.08. The first-order chi connectivity index (χ1) is 13.0. The van der Waals surface area contributed by atoms with Crippen molar-refractivity contribution in [1.29, 1.82) is 0 Å².